The number of aliphatic carboxylic acids is 2. The van der Waals surface area contributed by atoms with Gasteiger partial charge in [-0.3, -0.25) is 14.4 Å². The monoisotopic (exact) mass is 536 g/mol. The Labute approximate surface area is 221 Å². The highest BCUT2D eigenvalue weighted by molar-refractivity contribution is 6.05. The van der Waals surface area contributed by atoms with Crippen LogP contribution in [0.4, 0.5) is 15.8 Å². The molecule has 11 nitrogen and oxygen atoms in total. The van der Waals surface area contributed by atoms with Crippen molar-refractivity contribution in [3.8, 4) is 0 Å². The maximum Gasteiger partial charge on any atom is 0.333 e. The molecule has 0 spiro atoms. The number of aliphatic hydroxyl groups is 1. The average Bonchev–Trinajstić information content (AvgIpc) is 3.32. The number of nitrogens with one attached hydrogen (secondary N) is 3. The molecule has 0 fully saturated rings. The maximum absolute atomic E-state index is 13.3. The second-order valence-corrected chi connectivity index (χ2v) is 8.29. The summed E-state index contributed by atoms with van der Waals surface area (Å²) in [5.41, 5.74) is 9.24. The second-order valence-electron chi connectivity index (χ2n) is 8.29. The Morgan fingerprint density at radius 3 is 2.23 bits per heavy atom. The smallest absolute Gasteiger partial charge is 0.333 e. The Kier molecular flexibility index (Phi) is 9.33. The van der Waals surface area contributed by atoms with E-state index in [0.717, 1.165) is 5.56 Å². The van der Waals surface area contributed by atoms with Gasteiger partial charge in [-0.2, -0.15) is 0 Å². The number of carboxylic acids is 2. The minimum absolute atomic E-state index is 0.270. The Hall–Kier alpha value is -5.23. The number of hydrogen-bond donors (Lipinski definition) is 7. The van der Waals surface area contributed by atoms with Gasteiger partial charge in [0.25, 0.3) is 11.8 Å². The lowest BCUT2D eigenvalue weighted by atomic mass is 10.1. The predicted octanol–water partition coefficient (Wildman–Crippen LogP) is 2.98. The molecule has 4 aromatic rings. The quantitative estimate of drug-likeness (QED) is 0.167. The maximum atomic E-state index is 13.3. The number of anilines is 2. The number of benzene rings is 3. The van der Waals surface area contributed by atoms with Crippen LogP contribution in [0.15, 0.2) is 72.8 Å². The van der Waals surface area contributed by atoms with E-state index in [-0.39, 0.29) is 24.2 Å². The van der Waals surface area contributed by atoms with Gasteiger partial charge in [0.2, 0.25) is 0 Å². The van der Waals surface area contributed by atoms with Gasteiger partial charge >= 0.3 is 11.9 Å². The van der Waals surface area contributed by atoms with Crippen LogP contribution in [0, 0.1) is 5.82 Å². The van der Waals surface area contributed by atoms with Crippen LogP contribution >= 0.6 is 0 Å². The molecule has 1 atom stereocenters. The predicted molar refractivity (Wildman–Crippen MR) is 141 cm³/mol. The molecule has 1 aromatic heterocycles. The molecule has 3 aromatic carbocycles. The number of hydrogen-bond acceptors (Lipinski definition) is 6. The van der Waals surface area contributed by atoms with Gasteiger partial charge < -0.3 is 36.7 Å². The summed E-state index contributed by atoms with van der Waals surface area (Å²) >= 11 is 0. The number of fused-ring (bicyclic) bond motifs is 1. The van der Waals surface area contributed by atoms with Gasteiger partial charge in [-0.1, -0.05) is 24.3 Å². The number of H-pyrrole nitrogens is 1. The van der Waals surface area contributed by atoms with Gasteiger partial charge in [-0.05, 0) is 54.1 Å². The third-order valence-electron chi connectivity index (χ3n) is 5.36. The molecule has 1 heterocycles. The summed E-state index contributed by atoms with van der Waals surface area (Å²) in [6.45, 7) is 0.288. The van der Waals surface area contributed by atoms with Crippen LogP contribution in [0.5, 0.6) is 0 Å². The van der Waals surface area contributed by atoms with Crippen molar-refractivity contribution in [1.29, 1.82) is 0 Å². The van der Waals surface area contributed by atoms with E-state index in [1.165, 1.54) is 12.1 Å². The highest BCUT2D eigenvalue weighted by Gasteiger charge is 2.16. The zero-order chi connectivity index (χ0) is 28.5. The molecule has 1 unspecified atom stereocenters. The van der Waals surface area contributed by atoms with Crippen LogP contribution in [0.3, 0.4) is 0 Å². The fourth-order valence-electron chi connectivity index (χ4n) is 3.34. The van der Waals surface area contributed by atoms with E-state index in [1.807, 2.05) is 0 Å². The first-order valence-corrected chi connectivity index (χ1v) is 11.5. The number of para-hydroxylation sites is 2. The molecule has 39 heavy (non-hydrogen) atoms. The number of aromatic amines is 1. The molecule has 2 amide bonds. The Morgan fingerprint density at radius 1 is 0.923 bits per heavy atom. The summed E-state index contributed by atoms with van der Waals surface area (Å²) in [6, 6.07) is 19.8. The summed E-state index contributed by atoms with van der Waals surface area (Å²) in [6.07, 6.45) is -2.54. The number of halogens is 1. The first-order chi connectivity index (χ1) is 18.5. The molecule has 0 aliphatic heterocycles. The number of amides is 2. The molecule has 0 radical (unpaired) electrons. The number of nitrogen functional groups attached to an aromatic ring is 1. The van der Waals surface area contributed by atoms with Crippen molar-refractivity contribution in [2.75, 3.05) is 11.1 Å². The number of carbonyl (C=O) groups is 4. The fourth-order valence-corrected chi connectivity index (χ4v) is 3.34. The molecule has 0 saturated carbocycles. The summed E-state index contributed by atoms with van der Waals surface area (Å²) in [5, 5.41) is 30.4. The molecule has 0 aliphatic rings. The lowest BCUT2D eigenvalue weighted by Gasteiger charge is -2.09. The molecular weight excluding hydrogens is 511 g/mol. The van der Waals surface area contributed by atoms with E-state index in [1.54, 1.807) is 60.7 Å². The summed E-state index contributed by atoms with van der Waals surface area (Å²) in [5.74, 6) is -3.77. The topological polar surface area (TPSA) is 195 Å². The van der Waals surface area contributed by atoms with E-state index in [2.05, 4.69) is 15.6 Å². The van der Waals surface area contributed by atoms with Crippen LogP contribution < -0.4 is 16.4 Å². The van der Waals surface area contributed by atoms with Crippen LogP contribution in [-0.2, 0) is 16.1 Å². The van der Waals surface area contributed by atoms with Crippen molar-refractivity contribution in [3.05, 3.63) is 95.4 Å². The lowest BCUT2D eigenvalue weighted by molar-refractivity contribution is -0.152. The normalized spacial score (nSPS) is 11.1. The highest BCUT2D eigenvalue weighted by atomic mass is 19.1. The van der Waals surface area contributed by atoms with Gasteiger partial charge in [0.15, 0.2) is 6.10 Å². The van der Waals surface area contributed by atoms with Gasteiger partial charge in [-0.15, -0.1) is 0 Å². The molecule has 4 rings (SSSR count). The molecule has 202 valence electrons. The number of nitrogens with two attached hydrogens (primary N) is 1. The van der Waals surface area contributed by atoms with Crippen molar-refractivity contribution in [2.24, 2.45) is 0 Å². The third kappa shape index (κ3) is 8.13. The minimum Gasteiger partial charge on any atom is -0.481 e. The van der Waals surface area contributed by atoms with Crippen LogP contribution in [0.2, 0.25) is 0 Å². The average molecular weight is 537 g/mol. The first-order valence-electron chi connectivity index (χ1n) is 11.5. The van der Waals surface area contributed by atoms with Crippen molar-refractivity contribution in [3.63, 3.8) is 0 Å². The fraction of sp³-hybridized carbons (Fsp3) is 0.111. The van der Waals surface area contributed by atoms with Gasteiger partial charge in [0.05, 0.1) is 17.8 Å². The number of rotatable bonds is 8. The molecule has 0 aliphatic carbocycles. The van der Waals surface area contributed by atoms with E-state index < -0.39 is 24.5 Å². The number of carbonyl (C=O) groups excluding carboxylic acids is 2. The van der Waals surface area contributed by atoms with Crippen molar-refractivity contribution < 1.29 is 38.9 Å². The molecule has 8 N–H and O–H groups in total. The van der Waals surface area contributed by atoms with Crippen LogP contribution in [-0.4, -0.2) is 50.2 Å². The van der Waals surface area contributed by atoms with Gasteiger partial charge in [-0.25, -0.2) is 9.18 Å². The van der Waals surface area contributed by atoms with Gasteiger partial charge in [0, 0.05) is 23.0 Å². The summed E-state index contributed by atoms with van der Waals surface area (Å²) in [7, 11) is 0. The first kappa shape index (κ1) is 28.3. The molecule has 0 bridgehead atoms. The number of aromatic nitrogens is 1. The SMILES string of the molecule is Nc1ccccc1NC(=O)c1ccc(CNC(=O)c2cc3cc(F)ccc3[nH]2)cc1.O=C(O)CC(O)C(=O)O. The minimum atomic E-state index is -1.79. The van der Waals surface area contributed by atoms with Crippen LogP contribution in [0.25, 0.3) is 10.9 Å². The van der Waals surface area contributed by atoms with E-state index in [0.29, 0.717) is 33.5 Å². The summed E-state index contributed by atoms with van der Waals surface area (Å²) < 4.78 is 13.3. The van der Waals surface area contributed by atoms with Crippen molar-refractivity contribution >= 4 is 46.0 Å². The van der Waals surface area contributed by atoms with Crippen LogP contribution in [0.1, 0.15) is 32.8 Å². The Balaban J connectivity index is 0.000000403. The zero-order valence-corrected chi connectivity index (χ0v) is 20.3. The summed E-state index contributed by atoms with van der Waals surface area (Å²) in [4.78, 5) is 47.1. The standard InChI is InChI=1S/C23H19FN4O2.C4H6O5/c24-17-9-10-19-16(11-17)12-21(27-19)23(30)26-13-14-5-7-15(8-6-14)22(29)28-20-4-2-1-3-18(20)25;5-2(4(8)9)1-3(6)7/h1-12,27H,13,25H2,(H,26,30)(H,28,29);2,5H,1H2,(H,6,7)(H,8,9). The van der Waals surface area contributed by atoms with E-state index in [9.17, 15) is 23.6 Å². The third-order valence-corrected chi connectivity index (χ3v) is 5.36. The van der Waals surface area contributed by atoms with E-state index in [4.69, 9.17) is 21.1 Å². The largest absolute Gasteiger partial charge is 0.481 e. The zero-order valence-electron chi connectivity index (χ0n) is 20.3. The Morgan fingerprint density at radius 2 is 1.62 bits per heavy atom. The van der Waals surface area contributed by atoms with Crippen molar-refractivity contribution in [1.82, 2.24) is 10.3 Å². The second kappa shape index (κ2) is 12.8. The highest BCUT2D eigenvalue weighted by Crippen LogP contribution is 2.19. The number of carboxylic acid groups (broad SMARTS) is 2. The number of aliphatic hydroxyl groups excluding tert-OH is 1. The van der Waals surface area contributed by atoms with Gasteiger partial charge in [0.1, 0.15) is 11.5 Å². The Bertz CT molecular complexity index is 1500. The van der Waals surface area contributed by atoms with E-state index >= 15 is 0 Å². The lowest BCUT2D eigenvalue weighted by Crippen LogP contribution is -2.23. The molecule has 12 heteroatoms. The molecule has 0 saturated heterocycles. The molecular formula is C27H25FN4O7. The van der Waals surface area contributed by atoms with Crippen molar-refractivity contribution in [2.45, 2.75) is 19.1 Å².